The van der Waals surface area contributed by atoms with E-state index in [2.05, 4.69) is 5.32 Å². The van der Waals surface area contributed by atoms with Gasteiger partial charge in [0.25, 0.3) is 0 Å². The molecule has 2 aromatic rings. The molecule has 0 saturated heterocycles. The minimum atomic E-state index is -4.26. The van der Waals surface area contributed by atoms with Gasteiger partial charge >= 0.3 is 10.2 Å². The van der Waals surface area contributed by atoms with Crippen molar-refractivity contribution in [1.82, 2.24) is 14.5 Å². The van der Waals surface area contributed by atoms with Crippen LogP contribution in [0, 0.1) is 5.82 Å². The number of halogens is 3. The summed E-state index contributed by atoms with van der Waals surface area (Å²) in [5.41, 5.74) is 0.334. The Labute approximate surface area is 233 Å². The lowest BCUT2D eigenvalue weighted by atomic mass is 10.1. The summed E-state index contributed by atoms with van der Waals surface area (Å²) >= 11 is 12.2. The van der Waals surface area contributed by atoms with Gasteiger partial charge in [-0.3, -0.25) is 9.59 Å². The van der Waals surface area contributed by atoms with Gasteiger partial charge in [-0.25, -0.2) is 8.70 Å². The molecule has 0 unspecified atom stereocenters. The second kappa shape index (κ2) is 13.1. The van der Waals surface area contributed by atoms with E-state index in [1.54, 1.807) is 25.1 Å². The zero-order chi connectivity index (χ0) is 28.0. The van der Waals surface area contributed by atoms with Crippen molar-refractivity contribution in [2.24, 2.45) is 0 Å². The molecule has 1 saturated carbocycles. The molecule has 1 N–H and O–H groups in total. The van der Waals surface area contributed by atoms with Crippen LogP contribution < -0.4 is 9.62 Å². The molecule has 2 aromatic carbocycles. The van der Waals surface area contributed by atoms with Crippen LogP contribution in [0.3, 0.4) is 0 Å². The van der Waals surface area contributed by atoms with Crippen LogP contribution in [0.5, 0.6) is 0 Å². The zero-order valence-corrected chi connectivity index (χ0v) is 24.0. The van der Waals surface area contributed by atoms with Crippen LogP contribution in [0.15, 0.2) is 42.5 Å². The van der Waals surface area contributed by atoms with Crippen molar-refractivity contribution in [1.29, 1.82) is 0 Å². The van der Waals surface area contributed by atoms with Crippen molar-refractivity contribution in [3.8, 4) is 0 Å². The van der Waals surface area contributed by atoms with Crippen LogP contribution in [-0.2, 0) is 26.3 Å². The highest BCUT2D eigenvalue weighted by molar-refractivity contribution is 7.90. The summed E-state index contributed by atoms with van der Waals surface area (Å²) in [7, 11) is -1.67. The van der Waals surface area contributed by atoms with Gasteiger partial charge in [0.15, 0.2) is 0 Å². The summed E-state index contributed by atoms with van der Waals surface area (Å²) in [6.07, 6.45) is 4.06. The largest absolute Gasteiger partial charge is 0.352 e. The summed E-state index contributed by atoms with van der Waals surface area (Å²) in [5.74, 6) is -1.79. The predicted molar refractivity (Wildman–Crippen MR) is 148 cm³/mol. The molecule has 1 aliphatic carbocycles. The molecule has 2 amide bonds. The normalized spacial score (nSPS) is 14.9. The first-order valence-electron chi connectivity index (χ1n) is 12.4. The van der Waals surface area contributed by atoms with E-state index in [1.165, 1.54) is 37.2 Å². The Morgan fingerprint density at radius 3 is 2.32 bits per heavy atom. The number of amides is 2. The molecule has 0 bridgehead atoms. The Morgan fingerprint density at radius 2 is 1.74 bits per heavy atom. The predicted octanol–water partition coefficient (Wildman–Crippen LogP) is 4.61. The summed E-state index contributed by atoms with van der Waals surface area (Å²) in [5, 5.41) is 3.65. The summed E-state index contributed by atoms with van der Waals surface area (Å²) in [6.45, 7) is 1.04. The van der Waals surface area contributed by atoms with Crippen molar-refractivity contribution in [3.05, 3.63) is 63.9 Å². The van der Waals surface area contributed by atoms with Crippen LogP contribution in [-0.4, -0.2) is 62.2 Å². The van der Waals surface area contributed by atoms with E-state index in [0.29, 0.717) is 14.9 Å². The van der Waals surface area contributed by atoms with Gasteiger partial charge in [0.05, 0.1) is 15.7 Å². The highest BCUT2D eigenvalue weighted by Crippen LogP contribution is 2.26. The van der Waals surface area contributed by atoms with Gasteiger partial charge in [-0.2, -0.15) is 12.7 Å². The van der Waals surface area contributed by atoms with Gasteiger partial charge in [0.1, 0.15) is 18.4 Å². The SMILES string of the molecule is CC[C@@H](C(=O)NC1CCCC1)N(Cc1ccc(Cl)c(Cl)c1)C(=O)CN(c1ccccc1F)S(=O)(=O)N(C)C. The number of rotatable bonds is 11. The Bertz CT molecular complexity index is 1260. The topological polar surface area (TPSA) is 90.0 Å². The molecule has 1 fully saturated rings. The first kappa shape index (κ1) is 30.1. The van der Waals surface area contributed by atoms with E-state index >= 15 is 0 Å². The third kappa shape index (κ3) is 7.16. The van der Waals surface area contributed by atoms with Crippen LogP contribution in [0.25, 0.3) is 0 Å². The van der Waals surface area contributed by atoms with E-state index in [9.17, 15) is 22.4 Å². The zero-order valence-electron chi connectivity index (χ0n) is 21.7. The maximum Gasteiger partial charge on any atom is 0.304 e. The van der Waals surface area contributed by atoms with Gasteiger partial charge in [-0.15, -0.1) is 0 Å². The molecular formula is C26H33Cl2FN4O4S. The molecule has 1 atom stereocenters. The molecule has 38 heavy (non-hydrogen) atoms. The van der Waals surface area contributed by atoms with Crippen molar-refractivity contribution in [3.63, 3.8) is 0 Å². The molecule has 1 aliphatic rings. The second-order valence-corrected chi connectivity index (χ2v) is 12.3. The fraction of sp³-hybridized carbons (Fsp3) is 0.462. The Balaban J connectivity index is 1.99. The van der Waals surface area contributed by atoms with Gasteiger partial charge in [0, 0.05) is 26.7 Å². The number of carbonyl (C=O) groups excluding carboxylic acids is 2. The lowest BCUT2D eigenvalue weighted by Crippen LogP contribution is -2.54. The van der Waals surface area contributed by atoms with E-state index in [4.69, 9.17) is 23.2 Å². The average Bonchev–Trinajstić information content (AvgIpc) is 3.37. The number of carbonyl (C=O) groups is 2. The van der Waals surface area contributed by atoms with Crippen molar-refractivity contribution in [2.75, 3.05) is 24.9 Å². The summed E-state index contributed by atoms with van der Waals surface area (Å²) in [6, 6.07) is 9.33. The average molecular weight is 588 g/mol. The standard InChI is InChI=1S/C26H33Cl2FN4O4S/c1-4-23(26(35)30-19-9-5-6-10-19)32(16-18-13-14-20(27)21(28)15-18)25(34)17-33(38(36,37)31(2)3)24-12-8-7-11-22(24)29/h7-8,11-15,19,23H,4-6,9-10,16-17H2,1-3H3,(H,30,35)/t23-/m0/s1. The third-order valence-electron chi connectivity index (χ3n) is 6.56. The highest BCUT2D eigenvalue weighted by atomic mass is 35.5. The maximum atomic E-state index is 14.8. The molecule has 0 radical (unpaired) electrons. The van der Waals surface area contributed by atoms with Crippen molar-refractivity contribution in [2.45, 2.75) is 57.7 Å². The first-order chi connectivity index (χ1) is 17.9. The van der Waals surface area contributed by atoms with E-state index in [1.807, 2.05) is 0 Å². The number of nitrogens with zero attached hydrogens (tertiary/aromatic N) is 3. The number of para-hydroxylation sites is 1. The lowest BCUT2D eigenvalue weighted by Gasteiger charge is -2.34. The molecule has 0 heterocycles. The number of nitrogens with one attached hydrogen (secondary N) is 1. The van der Waals surface area contributed by atoms with Gasteiger partial charge in [-0.1, -0.05) is 61.2 Å². The minimum absolute atomic E-state index is 0.0283. The third-order valence-corrected chi connectivity index (χ3v) is 9.11. The minimum Gasteiger partial charge on any atom is -0.352 e. The van der Waals surface area contributed by atoms with Crippen LogP contribution in [0.4, 0.5) is 10.1 Å². The lowest BCUT2D eigenvalue weighted by molar-refractivity contribution is -0.140. The van der Waals surface area contributed by atoms with Gasteiger partial charge < -0.3 is 10.2 Å². The molecular weight excluding hydrogens is 554 g/mol. The van der Waals surface area contributed by atoms with E-state index in [0.717, 1.165) is 36.1 Å². The van der Waals surface area contributed by atoms with E-state index < -0.39 is 34.5 Å². The number of hydrogen-bond donors (Lipinski definition) is 1. The second-order valence-electron chi connectivity index (χ2n) is 9.43. The summed E-state index contributed by atoms with van der Waals surface area (Å²) in [4.78, 5) is 28.5. The van der Waals surface area contributed by atoms with Crippen LogP contribution in [0.2, 0.25) is 10.0 Å². The Hall–Kier alpha value is -2.40. The highest BCUT2D eigenvalue weighted by Gasteiger charge is 2.35. The molecule has 12 heteroatoms. The molecule has 8 nitrogen and oxygen atoms in total. The molecule has 0 aliphatic heterocycles. The summed E-state index contributed by atoms with van der Waals surface area (Å²) < 4.78 is 42.7. The molecule has 208 valence electrons. The molecule has 3 rings (SSSR count). The maximum absolute atomic E-state index is 14.8. The first-order valence-corrected chi connectivity index (χ1v) is 14.6. The number of hydrogen-bond acceptors (Lipinski definition) is 4. The van der Waals surface area contributed by atoms with Crippen molar-refractivity contribution >= 4 is 50.9 Å². The number of benzene rings is 2. The fourth-order valence-corrected chi connectivity index (χ4v) is 5.86. The monoisotopic (exact) mass is 586 g/mol. The van der Waals surface area contributed by atoms with Crippen molar-refractivity contribution < 1.29 is 22.4 Å². The van der Waals surface area contributed by atoms with E-state index in [-0.39, 0.29) is 35.6 Å². The van der Waals surface area contributed by atoms with Gasteiger partial charge in [0.2, 0.25) is 11.8 Å². The molecule has 0 spiro atoms. The Morgan fingerprint density at radius 1 is 1.08 bits per heavy atom. The van der Waals surface area contributed by atoms with Gasteiger partial charge in [-0.05, 0) is 49.1 Å². The quantitative estimate of drug-likeness (QED) is 0.416. The Kier molecular flexibility index (Phi) is 10.4. The smallest absolute Gasteiger partial charge is 0.304 e. The van der Waals surface area contributed by atoms with Crippen LogP contribution in [0.1, 0.15) is 44.6 Å². The number of anilines is 1. The van der Waals surface area contributed by atoms with Crippen LogP contribution >= 0.6 is 23.2 Å². The molecule has 0 aromatic heterocycles. The fourth-order valence-electron chi connectivity index (χ4n) is 4.48.